The second kappa shape index (κ2) is 8.19. The molecule has 0 fully saturated rings. The Kier molecular flexibility index (Phi) is 5.71. The summed E-state index contributed by atoms with van der Waals surface area (Å²) < 4.78 is 35.9. The highest BCUT2D eigenvalue weighted by Crippen LogP contribution is 2.19. The van der Waals surface area contributed by atoms with Gasteiger partial charge < -0.3 is 14.6 Å². The Morgan fingerprint density at radius 3 is 2.54 bits per heavy atom. The molecule has 1 aromatic heterocycles. The molecule has 9 nitrogen and oxygen atoms in total. The zero-order valence-electron chi connectivity index (χ0n) is 14.8. The number of rotatable bonds is 7. The van der Waals surface area contributed by atoms with Gasteiger partial charge in [-0.25, -0.2) is 8.42 Å². The number of nitrogens with zero attached hydrogens (tertiary/aromatic N) is 1. The maximum Gasteiger partial charge on any atom is 0.320 e. The molecule has 0 saturated carbocycles. The lowest BCUT2D eigenvalue weighted by Crippen LogP contribution is -2.30. The number of nitrogens with one attached hydrogen (secondary N) is 2. The van der Waals surface area contributed by atoms with E-state index in [-0.39, 0.29) is 17.2 Å². The minimum absolute atomic E-state index is 0.0117. The van der Waals surface area contributed by atoms with Gasteiger partial charge in [-0.15, -0.1) is 0 Å². The summed E-state index contributed by atoms with van der Waals surface area (Å²) in [6.45, 7) is -0.469. The maximum atomic E-state index is 12.2. The number of esters is 1. The third-order valence-electron chi connectivity index (χ3n) is 3.86. The highest BCUT2D eigenvalue weighted by atomic mass is 32.2. The van der Waals surface area contributed by atoms with E-state index >= 15 is 0 Å². The van der Waals surface area contributed by atoms with E-state index in [9.17, 15) is 18.0 Å². The highest BCUT2D eigenvalue weighted by Gasteiger charge is 2.16. The van der Waals surface area contributed by atoms with Gasteiger partial charge in [0, 0.05) is 11.1 Å². The van der Waals surface area contributed by atoms with Gasteiger partial charge in [-0.05, 0) is 36.4 Å². The summed E-state index contributed by atoms with van der Waals surface area (Å²) in [5.41, 5.74) is 1.53. The van der Waals surface area contributed by atoms with E-state index in [2.05, 4.69) is 19.9 Å². The van der Waals surface area contributed by atoms with Crippen molar-refractivity contribution in [1.82, 2.24) is 9.88 Å². The molecule has 2 aromatic carbocycles. The van der Waals surface area contributed by atoms with Crippen molar-refractivity contribution < 1.29 is 27.3 Å². The normalized spacial score (nSPS) is 11.3. The summed E-state index contributed by atoms with van der Waals surface area (Å²) >= 11 is 0. The number of hydrogen-bond acceptors (Lipinski definition) is 7. The molecule has 1 amide bonds. The third-order valence-corrected chi connectivity index (χ3v) is 5.28. The first-order valence-electron chi connectivity index (χ1n) is 8.19. The molecule has 0 bridgehead atoms. The molecule has 146 valence electrons. The smallest absolute Gasteiger partial charge is 0.320 e. The van der Waals surface area contributed by atoms with Crippen LogP contribution in [0.25, 0.3) is 11.0 Å². The lowest BCUT2D eigenvalue weighted by atomic mass is 10.1. The monoisotopic (exact) mass is 403 g/mol. The molecule has 1 heterocycles. The molecule has 0 atom stereocenters. The van der Waals surface area contributed by atoms with Gasteiger partial charge in [0.05, 0.1) is 18.4 Å². The first kappa shape index (κ1) is 19.5. The molecule has 10 heteroatoms. The van der Waals surface area contributed by atoms with Crippen LogP contribution in [0.2, 0.25) is 0 Å². The second-order valence-corrected chi connectivity index (χ2v) is 7.54. The van der Waals surface area contributed by atoms with Gasteiger partial charge in [-0.3, -0.25) is 9.59 Å². The maximum absolute atomic E-state index is 12.2. The number of sulfonamides is 1. The lowest BCUT2D eigenvalue weighted by Gasteiger charge is -2.08. The first-order valence-corrected chi connectivity index (χ1v) is 9.67. The molecule has 0 spiro atoms. The largest absolute Gasteiger partial charge is 0.468 e. The SMILES string of the molecule is COC(=O)CNS(=O)(=O)c1ccc(NC(=O)Cc2noc3ccccc23)cc1. The van der Waals surface area contributed by atoms with Gasteiger partial charge in [-0.1, -0.05) is 17.3 Å². The molecule has 28 heavy (non-hydrogen) atoms. The lowest BCUT2D eigenvalue weighted by molar-refractivity contribution is -0.139. The van der Waals surface area contributed by atoms with E-state index in [1.807, 2.05) is 18.2 Å². The fourth-order valence-corrected chi connectivity index (χ4v) is 3.42. The number of benzene rings is 2. The Morgan fingerprint density at radius 1 is 1.11 bits per heavy atom. The Bertz CT molecular complexity index is 1110. The minimum Gasteiger partial charge on any atom is -0.468 e. The van der Waals surface area contributed by atoms with Gasteiger partial charge in [0.25, 0.3) is 0 Å². The van der Waals surface area contributed by atoms with Crippen molar-refractivity contribution in [3.8, 4) is 0 Å². The van der Waals surface area contributed by atoms with Gasteiger partial charge in [0.15, 0.2) is 5.58 Å². The number of fused-ring (bicyclic) bond motifs is 1. The summed E-state index contributed by atoms with van der Waals surface area (Å²) in [5.74, 6) is -1.02. The van der Waals surface area contributed by atoms with Crippen LogP contribution in [0.1, 0.15) is 5.69 Å². The summed E-state index contributed by atoms with van der Waals surface area (Å²) in [7, 11) is -2.70. The van der Waals surface area contributed by atoms with Crippen molar-refractivity contribution >= 4 is 38.6 Å². The average Bonchev–Trinajstić information content (AvgIpc) is 3.09. The molecule has 0 unspecified atom stereocenters. The Balaban J connectivity index is 1.63. The minimum atomic E-state index is -3.86. The Morgan fingerprint density at radius 2 is 1.82 bits per heavy atom. The van der Waals surface area contributed by atoms with Crippen LogP contribution in [0.4, 0.5) is 5.69 Å². The first-order chi connectivity index (χ1) is 13.4. The van der Waals surface area contributed by atoms with Crippen molar-refractivity contribution in [2.24, 2.45) is 0 Å². The topological polar surface area (TPSA) is 128 Å². The van der Waals surface area contributed by atoms with E-state index in [0.29, 0.717) is 17.0 Å². The molecular weight excluding hydrogens is 386 g/mol. The second-order valence-electron chi connectivity index (χ2n) is 5.78. The fraction of sp³-hybridized carbons (Fsp3) is 0.167. The highest BCUT2D eigenvalue weighted by molar-refractivity contribution is 7.89. The number of ether oxygens (including phenoxy) is 1. The van der Waals surface area contributed by atoms with E-state index in [0.717, 1.165) is 12.5 Å². The van der Waals surface area contributed by atoms with Crippen molar-refractivity contribution in [1.29, 1.82) is 0 Å². The fourth-order valence-electron chi connectivity index (χ4n) is 2.45. The van der Waals surface area contributed by atoms with Crippen LogP contribution in [-0.2, 0) is 30.8 Å². The Labute approximate surface area is 160 Å². The third kappa shape index (κ3) is 4.53. The quantitative estimate of drug-likeness (QED) is 0.572. The van der Waals surface area contributed by atoms with Crippen LogP contribution >= 0.6 is 0 Å². The van der Waals surface area contributed by atoms with Crippen LogP contribution in [-0.4, -0.2) is 39.1 Å². The van der Waals surface area contributed by atoms with Crippen LogP contribution < -0.4 is 10.0 Å². The molecule has 0 aliphatic rings. The predicted molar refractivity (Wildman–Crippen MR) is 100.0 cm³/mol. The van der Waals surface area contributed by atoms with E-state index < -0.39 is 22.5 Å². The van der Waals surface area contributed by atoms with Gasteiger partial charge >= 0.3 is 5.97 Å². The summed E-state index contributed by atoms with van der Waals surface area (Å²) in [6, 6.07) is 12.8. The number of para-hydroxylation sites is 1. The molecule has 0 saturated heterocycles. The van der Waals surface area contributed by atoms with E-state index in [4.69, 9.17) is 4.52 Å². The number of hydrogen-bond donors (Lipinski definition) is 2. The number of aromatic nitrogens is 1. The van der Waals surface area contributed by atoms with Gasteiger partial charge in [0.2, 0.25) is 15.9 Å². The van der Waals surface area contributed by atoms with Crippen LogP contribution in [0, 0.1) is 0 Å². The predicted octanol–water partition coefficient (Wildman–Crippen LogP) is 1.46. The Hall–Kier alpha value is -3.24. The van der Waals surface area contributed by atoms with Crippen LogP contribution in [0.3, 0.4) is 0 Å². The van der Waals surface area contributed by atoms with E-state index in [1.54, 1.807) is 6.07 Å². The average molecular weight is 403 g/mol. The van der Waals surface area contributed by atoms with Crippen molar-refractivity contribution in [2.45, 2.75) is 11.3 Å². The van der Waals surface area contributed by atoms with Crippen LogP contribution in [0.15, 0.2) is 57.9 Å². The summed E-state index contributed by atoms with van der Waals surface area (Å²) in [6.07, 6.45) is 0.0117. The number of carbonyl (C=O) groups is 2. The molecular formula is C18H17N3O6S. The van der Waals surface area contributed by atoms with E-state index in [1.165, 1.54) is 24.3 Å². The van der Waals surface area contributed by atoms with Gasteiger partial charge in [-0.2, -0.15) is 4.72 Å². The van der Waals surface area contributed by atoms with Crippen molar-refractivity contribution in [3.63, 3.8) is 0 Å². The molecule has 3 aromatic rings. The number of amides is 1. The number of carbonyl (C=O) groups excluding carboxylic acids is 2. The molecule has 0 aliphatic heterocycles. The standard InChI is InChI=1S/C18H17N3O6S/c1-26-18(23)11-19-28(24,25)13-8-6-12(7-9-13)20-17(22)10-15-14-4-2-3-5-16(14)27-21-15/h2-9,19H,10-11H2,1H3,(H,20,22). The molecule has 0 aliphatic carbocycles. The zero-order valence-corrected chi connectivity index (χ0v) is 15.7. The summed E-state index contributed by atoms with van der Waals surface area (Å²) in [5, 5.41) is 7.34. The number of methoxy groups -OCH3 is 1. The molecule has 3 rings (SSSR count). The number of anilines is 1. The molecule has 0 radical (unpaired) electrons. The van der Waals surface area contributed by atoms with Crippen molar-refractivity contribution in [2.75, 3.05) is 19.0 Å². The van der Waals surface area contributed by atoms with Crippen LogP contribution in [0.5, 0.6) is 0 Å². The van der Waals surface area contributed by atoms with Gasteiger partial charge in [0.1, 0.15) is 12.2 Å². The molecule has 2 N–H and O–H groups in total. The van der Waals surface area contributed by atoms with Crippen molar-refractivity contribution in [3.05, 3.63) is 54.2 Å². The zero-order chi connectivity index (χ0) is 20.1. The summed E-state index contributed by atoms with van der Waals surface area (Å²) in [4.78, 5) is 23.3.